The minimum Gasteiger partial charge on any atom is -0.384 e. The number of urea groups is 1. The van der Waals surface area contributed by atoms with Crippen LogP contribution in [0.5, 0.6) is 0 Å². The van der Waals surface area contributed by atoms with Crippen LogP contribution in [0.3, 0.4) is 0 Å². The number of thiazole rings is 1. The van der Waals surface area contributed by atoms with Crippen LogP contribution in [0.15, 0.2) is 28.6 Å². The highest BCUT2D eigenvalue weighted by Crippen LogP contribution is 2.31. The van der Waals surface area contributed by atoms with Gasteiger partial charge in [0.2, 0.25) is 10.2 Å². The van der Waals surface area contributed by atoms with Crippen molar-refractivity contribution < 1.29 is 18.0 Å². The fourth-order valence-corrected chi connectivity index (χ4v) is 8.08. The zero-order valence-corrected chi connectivity index (χ0v) is 24.0. The van der Waals surface area contributed by atoms with Crippen LogP contribution < -0.4 is 21.3 Å². The summed E-state index contributed by atoms with van der Waals surface area (Å²) < 4.78 is 27.8. The number of hydrogen-bond acceptors (Lipinski definition) is 7. The maximum absolute atomic E-state index is 13.7. The molecular formula is C26H37N7O4S2. The summed E-state index contributed by atoms with van der Waals surface area (Å²) in [6.07, 6.45) is 7.16. The van der Waals surface area contributed by atoms with Crippen molar-refractivity contribution in [1.82, 2.24) is 14.6 Å². The number of amides is 3. The first-order valence-corrected chi connectivity index (χ1v) is 15.6. The van der Waals surface area contributed by atoms with Crippen LogP contribution in [0.1, 0.15) is 69.5 Å². The molecule has 1 aliphatic heterocycles. The first-order valence-electron chi connectivity index (χ1n) is 13.4. The predicted molar refractivity (Wildman–Crippen MR) is 153 cm³/mol. The van der Waals surface area contributed by atoms with Crippen molar-refractivity contribution >= 4 is 49.8 Å². The summed E-state index contributed by atoms with van der Waals surface area (Å²) in [6, 6.07) is 6.88. The molecule has 4 rings (SSSR count). The molecule has 212 valence electrons. The van der Waals surface area contributed by atoms with Gasteiger partial charge in [-0.05, 0) is 44.7 Å². The van der Waals surface area contributed by atoms with Crippen molar-refractivity contribution in [3.8, 4) is 0 Å². The highest BCUT2D eigenvalue weighted by atomic mass is 32.2. The Morgan fingerprint density at radius 3 is 2.41 bits per heavy atom. The molecule has 0 unspecified atom stereocenters. The summed E-state index contributed by atoms with van der Waals surface area (Å²) in [5, 5.41) is 14.0. The van der Waals surface area contributed by atoms with Crippen molar-refractivity contribution in [1.29, 1.82) is 5.41 Å². The SMILES string of the molecule is CC(=O)Nc1sc(S(=O)(=O)N2CCC(NC(=O)N(c3cccc(C(=N)N)c3)C3CCCCCC3)CC2)nc1C. The molecule has 39 heavy (non-hydrogen) atoms. The second kappa shape index (κ2) is 12.4. The Kier molecular flexibility index (Phi) is 9.23. The molecule has 0 bridgehead atoms. The molecular weight excluding hydrogens is 538 g/mol. The lowest BCUT2D eigenvalue weighted by Crippen LogP contribution is -2.52. The summed E-state index contributed by atoms with van der Waals surface area (Å²) in [4.78, 5) is 31.1. The minimum atomic E-state index is -3.81. The summed E-state index contributed by atoms with van der Waals surface area (Å²) >= 11 is 0.949. The number of aryl methyl sites for hydroxylation is 1. The van der Waals surface area contributed by atoms with Gasteiger partial charge in [0.15, 0.2) is 0 Å². The minimum absolute atomic E-state index is 0.0427. The van der Waals surface area contributed by atoms with Gasteiger partial charge in [-0.1, -0.05) is 49.2 Å². The normalized spacial score (nSPS) is 17.8. The first kappa shape index (κ1) is 29.0. The molecule has 11 nitrogen and oxygen atoms in total. The third-order valence-electron chi connectivity index (χ3n) is 7.25. The van der Waals surface area contributed by atoms with Gasteiger partial charge in [0.25, 0.3) is 10.0 Å². The van der Waals surface area contributed by atoms with E-state index in [1.54, 1.807) is 19.1 Å². The number of sulfonamides is 1. The Bertz CT molecular complexity index is 1310. The van der Waals surface area contributed by atoms with Crippen molar-refractivity contribution in [3.63, 3.8) is 0 Å². The van der Waals surface area contributed by atoms with Crippen LogP contribution in [0.4, 0.5) is 15.5 Å². The largest absolute Gasteiger partial charge is 0.384 e. The highest BCUT2D eigenvalue weighted by Gasteiger charge is 2.34. The predicted octanol–water partition coefficient (Wildman–Crippen LogP) is 3.79. The number of anilines is 2. The number of nitrogens with one attached hydrogen (secondary N) is 3. The van der Waals surface area contributed by atoms with Crippen molar-refractivity contribution in [2.45, 2.75) is 81.6 Å². The quantitative estimate of drug-likeness (QED) is 0.223. The molecule has 0 spiro atoms. The van der Waals surface area contributed by atoms with Gasteiger partial charge in [-0.25, -0.2) is 18.2 Å². The number of rotatable bonds is 7. The summed E-state index contributed by atoms with van der Waals surface area (Å²) in [7, 11) is -3.81. The highest BCUT2D eigenvalue weighted by molar-refractivity contribution is 7.91. The van der Waals surface area contributed by atoms with E-state index in [0.29, 0.717) is 34.8 Å². The molecule has 2 fully saturated rings. The number of amidine groups is 1. The number of nitrogens with two attached hydrogens (primary N) is 1. The van der Waals surface area contributed by atoms with Gasteiger partial charge in [0.1, 0.15) is 10.8 Å². The maximum atomic E-state index is 13.7. The molecule has 2 aromatic rings. The molecule has 1 aromatic heterocycles. The third kappa shape index (κ3) is 6.95. The van der Waals surface area contributed by atoms with Crippen molar-refractivity contribution in [2.24, 2.45) is 5.73 Å². The molecule has 5 N–H and O–H groups in total. The van der Waals surface area contributed by atoms with E-state index in [4.69, 9.17) is 11.1 Å². The second-order valence-electron chi connectivity index (χ2n) is 10.2. The average molecular weight is 576 g/mol. The van der Waals surface area contributed by atoms with Crippen molar-refractivity contribution in [2.75, 3.05) is 23.3 Å². The van der Waals surface area contributed by atoms with Crippen LogP contribution in [0.2, 0.25) is 0 Å². The molecule has 3 amide bonds. The Labute approximate surface area is 233 Å². The number of nitrogens with zero attached hydrogens (tertiary/aromatic N) is 3. The van der Waals surface area contributed by atoms with E-state index in [9.17, 15) is 18.0 Å². The first-order chi connectivity index (χ1) is 18.6. The molecule has 0 atom stereocenters. The smallest absolute Gasteiger partial charge is 0.322 e. The molecule has 13 heteroatoms. The molecule has 1 saturated carbocycles. The van der Waals surface area contributed by atoms with E-state index in [1.165, 1.54) is 11.2 Å². The van der Waals surface area contributed by atoms with E-state index >= 15 is 0 Å². The Morgan fingerprint density at radius 2 is 1.79 bits per heavy atom. The molecule has 0 radical (unpaired) electrons. The number of hydrogen-bond donors (Lipinski definition) is 4. The maximum Gasteiger partial charge on any atom is 0.322 e. The van der Waals surface area contributed by atoms with Crippen LogP contribution in [0.25, 0.3) is 0 Å². The van der Waals surface area contributed by atoms with Gasteiger partial charge in [-0.3, -0.25) is 15.1 Å². The summed E-state index contributed by atoms with van der Waals surface area (Å²) in [5.74, 6) is -0.334. The number of carbonyl (C=O) groups excluding carboxylic acids is 2. The molecule has 2 aliphatic rings. The van der Waals surface area contributed by atoms with E-state index in [2.05, 4.69) is 15.6 Å². The fourth-order valence-electron chi connectivity index (χ4n) is 5.19. The summed E-state index contributed by atoms with van der Waals surface area (Å²) in [5.41, 5.74) is 7.46. The van der Waals surface area contributed by atoms with Crippen LogP contribution in [-0.4, -0.2) is 60.7 Å². The van der Waals surface area contributed by atoms with Gasteiger partial charge in [0.05, 0.1) is 5.69 Å². The Hall–Kier alpha value is -3.03. The van der Waals surface area contributed by atoms with Crippen LogP contribution in [-0.2, 0) is 14.8 Å². The van der Waals surface area contributed by atoms with Crippen LogP contribution in [0, 0.1) is 12.3 Å². The number of nitrogen functional groups attached to an aromatic ring is 1. The van der Waals surface area contributed by atoms with Gasteiger partial charge >= 0.3 is 6.03 Å². The van der Waals surface area contributed by atoms with E-state index in [-0.39, 0.29) is 47.3 Å². The van der Waals surface area contributed by atoms with Crippen molar-refractivity contribution in [3.05, 3.63) is 35.5 Å². The monoisotopic (exact) mass is 575 g/mol. The molecule has 2 heterocycles. The van der Waals surface area contributed by atoms with Gasteiger partial charge < -0.3 is 16.4 Å². The third-order valence-corrected chi connectivity index (χ3v) is 10.6. The molecule has 1 aromatic carbocycles. The standard InChI is InChI=1S/C26H37N7O4S2/c1-17-24(30-18(2)34)38-26(29-17)39(36,37)32-14-12-20(13-15-32)31-25(35)33(21-9-5-3-4-6-10-21)22-11-7-8-19(16-22)23(27)28/h7-8,11,16,20-21H,3-6,9-10,12-15H2,1-2H3,(H3,27,28)(H,30,34)(H,31,35). The molecule has 1 saturated heterocycles. The number of aromatic nitrogens is 1. The lowest BCUT2D eigenvalue weighted by atomic mass is 10.0. The van der Waals surface area contributed by atoms with E-state index in [0.717, 1.165) is 49.9 Å². The Balaban J connectivity index is 1.45. The Morgan fingerprint density at radius 1 is 1.13 bits per heavy atom. The second-order valence-corrected chi connectivity index (χ2v) is 13.3. The van der Waals surface area contributed by atoms with Crippen LogP contribution >= 0.6 is 11.3 Å². The fraction of sp³-hybridized carbons (Fsp3) is 0.538. The zero-order valence-electron chi connectivity index (χ0n) is 22.4. The zero-order chi connectivity index (χ0) is 28.2. The number of benzene rings is 1. The topological polar surface area (TPSA) is 162 Å². The molecule has 1 aliphatic carbocycles. The van der Waals surface area contributed by atoms with Gasteiger partial charge in [0, 0.05) is 43.3 Å². The lowest BCUT2D eigenvalue weighted by molar-refractivity contribution is -0.114. The van der Waals surface area contributed by atoms with Gasteiger partial charge in [-0.2, -0.15) is 4.31 Å². The number of carbonyl (C=O) groups is 2. The number of piperidine rings is 1. The lowest BCUT2D eigenvalue weighted by Gasteiger charge is -2.35. The van der Waals surface area contributed by atoms with E-state index < -0.39 is 10.0 Å². The van der Waals surface area contributed by atoms with Gasteiger partial charge in [-0.15, -0.1) is 0 Å². The van der Waals surface area contributed by atoms with E-state index in [1.807, 2.05) is 17.0 Å². The average Bonchev–Trinajstić information content (AvgIpc) is 3.08. The summed E-state index contributed by atoms with van der Waals surface area (Å²) in [6.45, 7) is 3.54.